The first-order chi connectivity index (χ1) is 14.0. The van der Waals surface area contributed by atoms with Gasteiger partial charge in [-0.1, -0.05) is 100 Å². The van der Waals surface area contributed by atoms with E-state index in [2.05, 4.69) is 51.9 Å². The van der Waals surface area contributed by atoms with E-state index in [-0.39, 0.29) is 11.7 Å². The van der Waals surface area contributed by atoms with Crippen molar-refractivity contribution in [2.24, 2.45) is 5.10 Å². The molecule has 1 amide bonds. The third-order valence-electron chi connectivity index (χ3n) is 3.57. The van der Waals surface area contributed by atoms with Gasteiger partial charge >= 0.3 is 0 Å². The first-order valence-electron chi connectivity index (χ1n) is 8.42. The number of nitrogens with zero attached hydrogens (tertiary/aromatic N) is 3. The molecule has 0 aliphatic carbocycles. The van der Waals surface area contributed by atoms with Crippen LogP contribution in [0, 0.1) is 6.92 Å². The van der Waals surface area contributed by atoms with E-state index in [4.69, 9.17) is 23.2 Å². The maximum atomic E-state index is 11.9. The van der Waals surface area contributed by atoms with Gasteiger partial charge < -0.3 is 0 Å². The molecular formula is C19H16Cl2N4OS3. The second kappa shape index (κ2) is 11.0. The average molecular weight is 483 g/mol. The molecule has 1 aromatic heterocycles. The molecule has 3 aromatic rings. The van der Waals surface area contributed by atoms with E-state index in [1.54, 1.807) is 30.0 Å². The van der Waals surface area contributed by atoms with Gasteiger partial charge in [0.05, 0.1) is 22.0 Å². The lowest BCUT2D eigenvalue weighted by molar-refractivity contribution is -0.118. The number of aromatic nitrogens is 2. The molecule has 29 heavy (non-hydrogen) atoms. The van der Waals surface area contributed by atoms with Crippen molar-refractivity contribution in [3.05, 3.63) is 69.2 Å². The molecule has 150 valence electrons. The lowest BCUT2D eigenvalue weighted by Crippen LogP contribution is -2.19. The van der Waals surface area contributed by atoms with Crippen LogP contribution in [0.4, 0.5) is 0 Å². The van der Waals surface area contributed by atoms with Crippen LogP contribution in [-0.4, -0.2) is 28.1 Å². The summed E-state index contributed by atoms with van der Waals surface area (Å²) in [7, 11) is 0. The van der Waals surface area contributed by atoms with E-state index in [1.165, 1.54) is 40.4 Å². The minimum atomic E-state index is -0.242. The van der Waals surface area contributed by atoms with Gasteiger partial charge in [0, 0.05) is 11.3 Å². The molecule has 0 saturated heterocycles. The number of nitrogens with one attached hydrogen (secondary N) is 1. The Bertz CT molecular complexity index is 1010. The van der Waals surface area contributed by atoms with Crippen molar-refractivity contribution in [3.63, 3.8) is 0 Å². The molecule has 0 bridgehead atoms. The molecule has 0 unspecified atom stereocenters. The Morgan fingerprint density at radius 1 is 1.14 bits per heavy atom. The number of benzene rings is 2. The van der Waals surface area contributed by atoms with Crippen LogP contribution in [0.1, 0.15) is 16.7 Å². The Kier molecular flexibility index (Phi) is 8.38. The number of thioether (sulfide) groups is 2. The average Bonchev–Trinajstić information content (AvgIpc) is 3.17. The fourth-order valence-corrected chi connectivity index (χ4v) is 5.22. The maximum absolute atomic E-state index is 11.9. The van der Waals surface area contributed by atoms with Crippen molar-refractivity contribution in [3.8, 4) is 0 Å². The zero-order chi connectivity index (χ0) is 20.6. The topological polar surface area (TPSA) is 67.2 Å². The Morgan fingerprint density at radius 2 is 1.86 bits per heavy atom. The van der Waals surface area contributed by atoms with Gasteiger partial charge in [0.1, 0.15) is 0 Å². The lowest BCUT2D eigenvalue weighted by Gasteiger charge is -2.00. The molecule has 0 saturated carbocycles. The molecule has 0 atom stereocenters. The second-order valence-electron chi connectivity index (χ2n) is 5.83. The van der Waals surface area contributed by atoms with Crippen LogP contribution in [0.5, 0.6) is 0 Å². The van der Waals surface area contributed by atoms with E-state index in [1.807, 2.05) is 0 Å². The quantitative estimate of drug-likeness (QED) is 0.253. The number of amides is 1. The van der Waals surface area contributed by atoms with Crippen molar-refractivity contribution < 1.29 is 4.79 Å². The molecular weight excluding hydrogens is 467 g/mol. The number of hydrazone groups is 1. The summed E-state index contributed by atoms with van der Waals surface area (Å²) in [5, 5.41) is 13.0. The normalized spacial score (nSPS) is 11.1. The Hall–Kier alpha value is -1.58. The highest BCUT2D eigenvalue weighted by molar-refractivity contribution is 8.03. The smallest absolute Gasteiger partial charge is 0.250 e. The van der Waals surface area contributed by atoms with Crippen LogP contribution < -0.4 is 5.43 Å². The fourth-order valence-electron chi connectivity index (χ4n) is 2.10. The molecule has 0 fully saturated rings. The van der Waals surface area contributed by atoms with Crippen molar-refractivity contribution in [1.29, 1.82) is 0 Å². The molecule has 0 aliphatic heterocycles. The van der Waals surface area contributed by atoms with Gasteiger partial charge in [-0.15, -0.1) is 10.2 Å². The molecule has 10 heteroatoms. The summed E-state index contributed by atoms with van der Waals surface area (Å²) in [6, 6.07) is 13.6. The van der Waals surface area contributed by atoms with Crippen molar-refractivity contribution in [2.45, 2.75) is 21.4 Å². The van der Waals surface area contributed by atoms with E-state index in [0.29, 0.717) is 15.6 Å². The van der Waals surface area contributed by atoms with Crippen molar-refractivity contribution in [2.75, 3.05) is 5.75 Å². The third kappa shape index (κ3) is 7.01. The number of aryl methyl sites for hydroxylation is 1. The molecule has 0 radical (unpaired) electrons. The Morgan fingerprint density at radius 3 is 2.62 bits per heavy atom. The van der Waals surface area contributed by atoms with E-state index < -0.39 is 0 Å². The molecule has 1 heterocycles. The SMILES string of the molecule is Cc1ccc(CSc2nnc(SCC(=O)N/N=C\c3cccc(Cl)c3Cl)s2)cc1. The maximum Gasteiger partial charge on any atom is 0.250 e. The molecule has 3 rings (SSSR count). The summed E-state index contributed by atoms with van der Waals surface area (Å²) < 4.78 is 1.62. The Labute approximate surface area is 191 Å². The standard InChI is InChI=1S/C19H16Cl2N4OS3/c1-12-5-7-13(8-6-12)10-27-18-24-25-19(29-18)28-11-16(26)23-22-9-14-3-2-4-15(20)17(14)21/h2-9H,10-11H2,1H3,(H,23,26)/b22-9-. The van der Waals surface area contributed by atoms with Gasteiger partial charge in [-0.2, -0.15) is 5.10 Å². The second-order valence-corrected chi connectivity index (χ2v) is 10.0. The number of carbonyl (C=O) groups excluding carboxylic acids is 1. The minimum Gasteiger partial charge on any atom is -0.272 e. The molecule has 1 N–H and O–H groups in total. The number of halogens is 2. The van der Waals surface area contributed by atoms with Gasteiger partial charge in [-0.05, 0) is 18.6 Å². The van der Waals surface area contributed by atoms with Gasteiger partial charge in [-0.25, -0.2) is 5.43 Å². The third-order valence-corrected chi connectivity index (χ3v) is 7.67. The fraction of sp³-hybridized carbons (Fsp3) is 0.158. The summed E-state index contributed by atoms with van der Waals surface area (Å²) in [4.78, 5) is 11.9. The summed E-state index contributed by atoms with van der Waals surface area (Å²) in [5.41, 5.74) is 5.58. The Balaban J connectivity index is 1.43. The predicted octanol–water partition coefficient (Wildman–Crippen LogP) is 5.69. The largest absolute Gasteiger partial charge is 0.272 e. The molecule has 5 nitrogen and oxygen atoms in total. The molecule has 2 aromatic carbocycles. The van der Waals surface area contributed by atoms with E-state index in [9.17, 15) is 4.79 Å². The number of carbonyl (C=O) groups is 1. The van der Waals surface area contributed by atoms with Gasteiger partial charge in [0.25, 0.3) is 5.91 Å². The predicted molar refractivity (Wildman–Crippen MR) is 124 cm³/mol. The zero-order valence-electron chi connectivity index (χ0n) is 15.3. The van der Waals surface area contributed by atoms with E-state index >= 15 is 0 Å². The van der Waals surface area contributed by atoms with Crippen molar-refractivity contribution >= 4 is 70.2 Å². The van der Waals surface area contributed by atoms with Crippen LogP contribution in [0.15, 0.2) is 56.2 Å². The first-order valence-corrected chi connectivity index (χ1v) is 12.0. The highest BCUT2D eigenvalue weighted by Gasteiger charge is 2.09. The summed E-state index contributed by atoms with van der Waals surface area (Å²) >= 11 is 16.4. The molecule has 0 spiro atoms. The zero-order valence-corrected chi connectivity index (χ0v) is 19.2. The molecule has 0 aliphatic rings. The first kappa shape index (κ1) is 22.1. The summed E-state index contributed by atoms with van der Waals surface area (Å²) in [6.07, 6.45) is 1.46. The van der Waals surface area contributed by atoms with Crippen molar-refractivity contribution in [1.82, 2.24) is 15.6 Å². The summed E-state index contributed by atoms with van der Waals surface area (Å²) in [6.45, 7) is 2.07. The highest BCUT2D eigenvalue weighted by Crippen LogP contribution is 2.30. The van der Waals surface area contributed by atoms with Crippen LogP contribution in [-0.2, 0) is 10.5 Å². The van der Waals surface area contributed by atoms with Gasteiger partial charge in [-0.3, -0.25) is 4.79 Å². The van der Waals surface area contributed by atoms with Crippen LogP contribution in [0.3, 0.4) is 0 Å². The highest BCUT2D eigenvalue weighted by atomic mass is 35.5. The van der Waals surface area contributed by atoms with Crippen LogP contribution >= 0.6 is 58.1 Å². The van der Waals surface area contributed by atoms with Crippen LogP contribution in [0.2, 0.25) is 10.0 Å². The lowest BCUT2D eigenvalue weighted by atomic mass is 10.2. The monoisotopic (exact) mass is 482 g/mol. The van der Waals surface area contributed by atoms with Crippen LogP contribution in [0.25, 0.3) is 0 Å². The number of rotatable bonds is 8. The number of hydrogen-bond donors (Lipinski definition) is 1. The van der Waals surface area contributed by atoms with E-state index in [0.717, 1.165) is 14.4 Å². The summed E-state index contributed by atoms with van der Waals surface area (Å²) in [5.74, 6) is 0.784. The number of hydrogen-bond acceptors (Lipinski definition) is 7. The minimum absolute atomic E-state index is 0.192. The van der Waals surface area contributed by atoms with Gasteiger partial charge in [0.2, 0.25) is 0 Å². The van der Waals surface area contributed by atoms with Gasteiger partial charge in [0.15, 0.2) is 8.68 Å².